The number of rotatable bonds is 2. The Labute approximate surface area is 75.3 Å². The Hall–Kier alpha value is -0.440. The van der Waals surface area contributed by atoms with Crippen molar-refractivity contribution in [1.82, 2.24) is 0 Å². The van der Waals surface area contributed by atoms with Gasteiger partial charge >= 0.3 is 0 Å². The van der Waals surface area contributed by atoms with E-state index in [2.05, 4.69) is 5.43 Å². The van der Waals surface area contributed by atoms with Gasteiger partial charge in [-0.15, -0.1) is 11.6 Å². The van der Waals surface area contributed by atoms with Gasteiger partial charge in [-0.05, 0) is 17.7 Å². The largest absolute Gasteiger partial charge is 0.323 e. The summed E-state index contributed by atoms with van der Waals surface area (Å²) in [5, 5.41) is 0.589. The van der Waals surface area contributed by atoms with Crippen molar-refractivity contribution in [3.05, 3.63) is 28.8 Å². The lowest BCUT2D eigenvalue weighted by molar-refractivity contribution is 1.33. The van der Waals surface area contributed by atoms with Crippen molar-refractivity contribution in [1.29, 1.82) is 0 Å². The smallest absolute Gasteiger partial charge is 0.0672 e. The van der Waals surface area contributed by atoms with E-state index in [9.17, 15) is 0 Å². The van der Waals surface area contributed by atoms with E-state index in [1.807, 2.05) is 6.07 Å². The molecule has 1 aromatic carbocycles. The first-order chi connectivity index (χ1) is 5.27. The Kier molecular flexibility index (Phi) is 3.00. The summed E-state index contributed by atoms with van der Waals surface area (Å²) in [6, 6.07) is 5.44. The first-order valence-electron chi connectivity index (χ1n) is 3.09. The molecule has 11 heavy (non-hydrogen) atoms. The van der Waals surface area contributed by atoms with Crippen LogP contribution in [0.2, 0.25) is 5.02 Å². The fraction of sp³-hybridized carbons (Fsp3) is 0.143. The van der Waals surface area contributed by atoms with E-state index in [1.54, 1.807) is 12.1 Å². The Morgan fingerprint density at radius 1 is 1.45 bits per heavy atom. The Bertz CT molecular complexity index is 250. The summed E-state index contributed by atoms with van der Waals surface area (Å²) in [6.07, 6.45) is 0. The summed E-state index contributed by atoms with van der Waals surface area (Å²) in [6.45, 7) is 0. The molecule has 3 N–H and O–H groups in total. The minimum absolute atomic E-state index is 0.463. The molecule has 0 spiro atoms. The second kappa shape index (κ2) is 3.81. The highest BCUT2D eigenvalue weighted by Crippen LogP contribution is 2.22. The number of halogens is 2. The van der Waals surface area contributed by atoms with Gasteiger partial charge in [-0.2, -0.15) is 0 Å². The number of nitrogen functional groups attached to an aromatic ring is 1. The van der Waals surface area contributed by atoms with Crippen molar-refractivity contribution in [2.45, 2.75) is 5.88 Å². The fourth-order valence-electron chi connectivity index (χ4n) is 0.759. The quantitative estimate of drug-likeness (QED) is 0.427. The lowest BCUT2D eigenvalue weighted by atomic mass is 10.2. The van der Waals surface area contributed by atoms with E-state index >= 15 is 0 Å². The van der Waals surface area contributed by atoms with Crippen LogP contribution < -0.4 is 11.3 Å². The molecule has 0 amide bonds. The van der Waals surface area contributed by atoms with E-state index in [-0.39, 0.29) is 0 Å². The van der Waals surface area contributed by atoms with Crippen LogP contribution in [0.5, 0.6) is 0 Å². The van der Waals surface area contributed by atoms with Gasteiger partial charge in [0.15, 0.2) is 0 Å². The van der Waals surface area contributed by atoms with Gasteiger partial charge < -0.3 is 5.43 Å². The molecule has 1 aromatic rings. The lowest BCUT2D eigenvalue weighted by Crippen LogP contribution is -2.06. The number of anilines is 1. The van der Waals surface area contributed by atoms with Crippen molar-refractivity contribution in [2.75, 3.05) is 5.43 Å². The maximum absolute atomic E-state index is 5.81. The molecule has 1 rings (SSSR count). The monoisotopic (exact) mass is 190 g/mol. The molecular weight excluding hydrogens is 183 g/mol. The van der Waals surface area contributed by atoms with Crippen LogP contribution in [0.4, 0.5) is 5.69 Å². The second-order valence-corrected chi connectivity index (χ2v) is 2.77. The summed E-state index contributed by atoms with van der Waals surface area (Å²) in [7, 11) is 0. The lowest BCUT2D eigenvalue weighted by Gasteiger charge is -2.03. The molecule has 0 radical (unpaired) electrons. The topological polar surface area (TPSA) is 38.0 Å². The normalized spacial score (nSPS) is 9.73. The van der Waals surface area contributed by atoms with Gasteiger partial charge in [0.2, 0.25) is 0 Å². The van der Waals surface area contributed by atoms with Gasteiger partial charge in [-0.3, -0.25) is 5.84 Å². The fourth-order valence-corrected chi connectivity index (χ4v) is 1.18. The highest BCUT2D eigenvalue weighted by molar-refractivity contribution is 6.33. The van der Waals surface area contributed by atoms with Crippen molar-refractivity contribution >= 4 is 28.9 Å². The van der Waals surface area contributed by atoms with E-state index in [0.29, 0.717) is 16.6 Å². The number of benzene rings is 1. The molecule has 0 unspecified atom stereocenters. The van der Waals surface area contributed by atoms with Crippen LogP contribution in [0.3, 0.4) is 0 Å². The van der Waals surface area contributed by atoms with Crippen molar-refractivity contribution in [2.24, 2.45) is 5.84 Å². The van der Waals surface area contributed by atoms with Crippen LogP contribution in [0.15, 0.2) is 18.2 Å². The predicted octanol–water partition coefficient (Wildman–Crippen LogP) is 2.36. The number of nitrogens with one attached hydrogen (secondary N) is 1. The molecule has 0 aliphatic carbocycles. The van der Waals surface area contributed by atoms with E-state index in [1.165, 1.54) is 0 Å². The molecular formula is C7H8Cl2N2. The second-order valence-electron chi connectivity index (χ2n) is 2.09. The highest BCUT2D eigenvalue weighted by atomic mass is 35.5. The SMILES string of the molecule is NNc1ccc(CCl)cc1Cl. The van der Waals surface area contributed by atoms with E-state index in [4.69, 9.17) is 29.0 Å². The maximum atomic E-state index is 5.81. The molecule has 4 heteroatoms. The molecule has 0 heterocycles. The highest BCUT2D eigenvalue weighted by Gasteiger charge is 1.98. The Morgan fingerprint density at radius 2 is 2.18 bits per heavy atom. The van der Waals surface area contributed by atoms with Crippen molar-refractivity contribution < 1.29 is 0 Å². The van der Waals surface area contributed by atoms with Gasteiger partial charge in [-0.1, -0.05) is 17.7 Å². The molecule has 0 saturated heterocycles. The summed E-state index contributed by atoms with van der Waals surface area (Å²) in [5.41, 5.74) is 4.16. The van der Waals surface area contributed by atoms with Gasteiger partial charge in [0.05, 0.1) is 10.7 Å². The third-order valence-corrected chi connectivity index (χ3v) is 1.96. The zero-order chi connectivity index (χ0) is 8.27. The standard InChI is InChI=1S/C7H8Cl2N2/c8-4-5-1-2-7(11-10)6(9)3-5/h1-3,11H,4,10H2. The minimum Gasteiger partial charge on any atom is -0.323 e. The van der Waals surface area contributed by atoms with Gasteiger partial charge in [-0.25, -0.2) is 0 Å². The van der Waals surface area contributed by atoms with E-state index < -0.39 is 0 Å². The van der Waals surface area contributed by atoms with Crippen LogP contribution in [-0.4, -0.2) is 0 Å². The molecule has 0 bridgehead atoms. The number of hydrogen-bond acceptors (Lipinski definition) is 2. The van der Waals surface area contributed by atoms with Gasteiger partial charge in [0, 0.05) is 5.88 Å². The minimum atomic E-state index is 0.463. The Morgan fingerprint density at radius 3 is 2.64 bits per heavy atom. The average molecular weight is 191 g/mol. The van der Waals surface area contributed by atoms with Gasteiger partial charge in [0.1, 0.15) is 0 Å². The molecule has 0 fully saturated rings. The molecule has 0 aromatic heterocycles. The molecule has 2 nitrogen and oxygen atoms in total. The summed E-state index contributed by atoms with van der Waals surface area (Å²) in [5.74, 6) is 5.64. The van der Waals surface area contributed by atoms with Crippen LogP contribution >= 0.6 is 23.2 Å². The van der Waals surface area contributed by atoms with Gasteiger partial charge in [0.25, 0.3) is 0 Å². The van der Waals surface area contributed by atoms with Crippen molar-refractivity contribution in [3.8, 4) is 0 Å². The molecule has 0 atom stereocenters. The Balaban J connectivity index is 2.99. The molecule has 0 aliphatic rings. The maximum Gasteiger partial charge on any atom is 0.0672 e. The number of alkyl halides is 1. The molecule has 60 valence electrons. The zero-order valence-corrected chi connectivity index (χ0v) is 7.28. The zero-order valence-electron chi connectivity index (χ0n) is 5.77. The third-order valence-electron chi connectivity index (χ3n) is 1.34. The average Bonchev–Trinajstić information content (AvgIpc) is 2.04. The van der Waals surface area contributed by atoms with Crippen LogP contribution in [0.1, 0.15) is 5.56 Å². The first-order valence-corrected chi connectivity index (χ1v) is 4.00. The molecule has 0 aliphatic heterocycles. The van der Waals surface area contributed by atoms with Crippen LogP contribution in [-0.2, 0) is 5.88 Å². The summed E-state index contributed by atoms with van der Waals surface area (Å²) in [4.78, 5) is 0. The van der Waals surface area contributed by atoms with E-state index in [0.717, 1.165) is 5.56 Å². The van der Waals surface area contributed by atoms with Crippen molar-refractivity contribution in [3.63, 3.8) is 0 Å². The van der Waals surface area contributed by atoms with Crippen LogP contribution in [0, 0.1) is 0 Å². The molecule has 0 saturated carbocycles. The summed E-state index contributed by atoms with van der Waals surface area (Å²) < 4.78 is 0. The third kappa shape index (κ3) is 1.99. The predicted molar refractivity (Wildman–Crippen MR) is 48.8 cm³/mol. The number of hydrogen-bond donors (Lipinski definition) is 2. The summed E-state index contributed by atoms with van der Waals surface area (Å²) >= 11 is 11.4. The van der Waals surface area contributed by atoms with Crippen LogP contribution in [0.25, 0.3) is 0 Å². The first kappa shape index (κ1) is 8.65. The number of nitrogens with two attached hydrogens (primary N) is 1. The number of hydrazine groups is 1.